The van der Waals surface area contributed by atoms with Crippen molar-refractivity contribution >= 4 is 0 Å². The van der Waals surface area contributed by atoms with E-state index in [9.17, 15) is 10.2 Å². The lowest BCUT2D eigenvalue weighted by Gasteiger charge is -2.15. The zero-order valence-corrected chi connectivity index (χ0v) is 10.3. The lowest BCUT2D eigenvalue weighted by molar-refractivity contribution is 0.161. The largest absolute Gasteiger partial charge is 0.374 e. The summed E-state index contributed by atoms with van der Waals surface area (Å²) in [5, 5.41) is 19.4. The molecule has 2 nitrogen and oxygen atoms in total. The summed E-state index contributed by atoms with van der Waals surface area (Å²) in [5.41, 5.74) is -1.39. The molecule has 0 aromatic carbocycles. The quantitative estimate of drug-likeness (QED) is 0.546. The second-order valence-corrected chi connectivity index (χ2v) is 4.21. The molecule has 0 saturated carbocycles. The number of aliphatic hydroxyl groups is 2. The lowest BCUT2D eigenvalue weighted by Crippen LogP contribution is -2.22. The van der Waals surface area contributed by atoms with Gasteiger partial charge in [0.25, 0.3) is 0 Å². The Morgan fingerprint density at radius 2 is 1.12 bits per heavy atom. The Hall–Kier alpha value is -1.48. The fourth-order valence-corrected chi connectivity index (χ4v) is 0.519. The van der Waals surface area contributed by atoms with Crippen LogP contribution in [0.25, 0.3) is 0 Å². The van der Waals surface area contributed by atoms with Crippen molar-refractivity contribution in [1.82, 2.24) is 0 Å². The standard InChI is InChI=1S/C14H18O2/c1-11(2)13(5,15)9-7-8-10-14(6,16)12(3)4/h15-16H,1,3H2,2,4-6H3/t13-,14+. The van der Waals surface area contributed by atoms with Crippen molar-refractivity contribution in [2.75, 3.05) is 0 Å². The predicted molar refractivity (Wildman–Crippen MR) is 66.4 cm³/mol. The summed E-state index contributed by atoms with van der Waals surface area (Å²) in [5.74, 6) is 10.1. The highest BCUT2D eigenvalue weighted by Crippen LogP contribution is 2.12. The lowest BCUT2D eigenvalue weighted by atomic mass is 9.99. The topological polar surface area (TPSA) is 40.5 Å². The van der Waals surface area contributed by atoms with Crippen LogP contribution in [-0.4, -0.2) is 21.4 Å². The molecule has 0 heterocycles. The molecule has 0 bridgehead atoms. The van der Waals surface area contributed by atoms with Crippen LogP contribution in [0.1, 0.15) is 27.7 Å². The first kappa shape index (κ1) is 14.5. The molecule has 0 aliphatic rings. The molecule has 0 aromatic heterocycles. The maximum Gasteiger partial charge on any atom is 0.144 e. The zero-order chi connectivity index (χ0) is 13.0. The van der Waals surface area contributed by atoms with Gasteiger partial charge in [-0.2, -0.15) is 0 Å². The fraction of sp³-hybridized carbons (Fsp3) is 0.429. The second kappa shape index (κ2) is 5.03. The Labute approximate surface area is 97.7 Å². The molecule has 0 amide bonds. The van der Waals surface area contributed by atoms with Gasteiger partial charge in [-0.25, -0.2) is 0 Å². The highest BCUT2D eigenvalue weighted by Gasteiger charge is 2.18. The van der Waals surface area contributed by atoms with Crippen LogP contribution in [0, 0.1) is 23.7 Å². The first-order valence-electron chi connectivity index (χ1n) is 4.90. The maximum absolute atomic E-state index is 9.71. The smallest absolute Gasteiger partial charge is 0.144 e. The van der Waals surface area contributed by atoms with Crippen molar-refractivity contribution in [3.05, 3.63) is 24.3 Å². The van der Waals surface area contributed by atoms with E-state index in [0.717, 1.165) is 0 Å². The van der Waals surface area contributed by atoms with Crippen LogP contribution >= 0.6 is 0 Å². The summed E-state index contributed by atoms with van der Waals surface area (Å²) in [6.07, 6.45) is 0. The van der Waals surface area contributed by atoms with Gasteiger partial charge < -0.3 is 10.2 Å². The van der Waals surface area contributed by atoms with E-state index < -0.39 is 11.2 Å². The summed E-state index contributed by atoms with van der Waals surface area (Å²) in [7, 11) is 0. The molecule has 2 heteroatoms. The summed E-state index contributed by atoms with van der Waals surface area (Å²) >= 11 is 0. The van der Waals surface area contributed by atoms with Gasteiger partial charge in [0.05, 0.1) is 0 Å². The highest BCUT2D eigenvalue weighted by atomic mass is 16.3. The first-order chi connectivity index (χ1) is 7.09. The molecule has 2 atom stereocenters. The maximum atomic E-state index is 9.71. The van der Waals surface area contributed by atoms with E-state index in [0.29, 0.717) is 11.1 Å². The molecule has 0 fully saturated rings. The van der Waals surface area contributed by atoms with Gasteiger partial charge in [0, 0.05) is 0 Å². The van der Waals surface area contributed by atoms with Crippen LogP contribution < -0.4 is 0 Å². The summed E-state index contributed by atoms with van der Waals surface area (Å²) in [4.78, 5) is 0. The molecule has 0 rings (SSSR count). The molecular formula is C14H18O2. The third-order valence-electron chi connectivity index (χ3n) is 2.34. The normalized spacial score (nSPS) is 16.6. The van der Waals surface area contributed by atoms with Gasteiger partial charge in [-0.1, -0.05) is 13.2 Å². The second-order valence-electron chi connectivity index (χ2n) is 4.21. The Balaban J connectivity index is 4.85. The van der Waals surface area contributed by atoms with E-state index in [1.165, 1.54) is 0 Å². The van der Waals surface area contributed by atoms with Crippen molar-refractivity contribution in [2.24, 2.45) is 0 Å². The Kier molecular flexibility index (Phi) is 4.57. The van der Waals surface area contributed by atoms with Crippen LogP contribution in [-0.2, 0) is 0 Å². The fourth-order valence-electron chi connectivity index (χ4n) is 0.519. The van der Waals surface area contributed by atoms with Crippen LogP contribution in [0.3, 0.4) is 0 Å². The Morgan fingerprint density at radius 3 is 1.31 bits per heavy atom. The molecule has 0 aromatic rings. The number of hydrogen-bond donors (Lipinski definition) is 2. The molecule has 0 radical (unpaired) electrons. The van der Waals surface area contributed by atoms with Gasteiger partial charge in [-0.3, -0.25) is 0 Å². The molecule has 0 aliphatic heterocycles. The van der Waals surface area contributed by atoms with Crippen LogP contribution in [0.15, 0.2) is 24.3 Å². The zero-order valence-electron chi connectivity index (χ0n) is 10.3. The van der Waals surface area contributed by atoms with Gasteiger partial charge in [-0.15, -0.1) is 0 Å². The molecule has 2 N–H and O–H groups in total. The van der Waals surface area contributed by atoms with Crippen LogP contribution in [0.2, 0.25) is 0 Å². The van der Waals surface area contributed by atoms with Crippen LogP contribution in [0.4, 0.5) is 0 Å². The van der Waals surface area contributed by atoms with E-state index in [1.807, 2.05) is 0 Å². The van der Waals surface area contributed by atoms with Crippen molar-refractivity contribution in [3.8, 4) is 23.7 Å². The average Bonchev–Trinajstić information content (AvgIpc) is 2.12. The van der Waals surface area contributed by atoms with E-state index in [4.69, 9.17) is 0 Å². The molecule has 86 valence electrons. The van der Waals surface area contributed by atoms with E-state index >= 15 is 0 Å². The Bertz CT molecular complexity index is 375. The van der Waals surface area contributed by atoms with Gasteiger partial charge in [0.15, 0.2) is 0 Å². The molecule has 0 aliphatic carbocycles. The van der Waals surface area contributed by atoms with E-state index in [-0.39, 0.29) is 0 Å². The van der Waals surface area contributed by atoms with Crippen LogP contribution in [0.5, 0.6) is 0 Å². The molecule has 0 spiro atoms. The Morgan fingerprint density at radius 1 is 0.875 bits per heavy atom. The van der Waals surface area contributed by atoms with Crippen molar-refractivity contribution in [3.63, 3.8) is 0 Å². The average molecular weight is 218 g/mol. The minimum absolute atomic E-state index is 0.550. The van der Waals surface area contributed by atoms with Crippen molar-refractivity contribution in [1.29, 1.82) is 0 Å². The SMILES string of the molecule is C=C(C)[C@@](C)(O)C#CC#C[C@@](C)(O)C(=C)C. The van der Waals surface area contributed by atoms with E-state index in [2.05, 4.69) is 36.8 Å². The van der Waals surface area contributed by atoms with Gasteiger partial charge in [0.2, 0.25) is 0 Å². The van der Waals surface area contributed by atoms with Gasteiger partial charge in [0.1, 0.15) is 11.2 Å². The van der Waals surface area contributed by atoms with E-state index in [1.54, 1.807) is 27.7 Å². The molecular weight excluding hydrogens is 200 g/mol. The predicted octanol–water partition coefficient (Wildman–Crippen LogP) is 1.65. The molecule has 16 heavy (non-hydrogen) atoms. The summed E-state index contributed by atoms with van der Waals surface area (Å²) in [6.45, 7) is 13.7. The molecule has 0 saturated heterocycles. The minimum atomic E-state index is -1.25. The number of hydrogen-bond acceptors (Lipinski definition) is 2. The number of rotatable bonds is 2. The minimum Gasteiger partial charge on any atom is -0.374 e. The molecule has 0 unspecified atom stereocenters. The van der Waals surface area contributed by atoms with Gasteiger partial charge >= 0.3 is 0 Å². The first-order valence-corrected chi connectivity index (χ1v) is 4.90. The third-order valence-corrected chi connectivity index (χ3v) is 2.34. The summed E-state index contributed by atoms with van der Waals surface area (Å²) in [6, 6.07) is 0. The van der Waals surface area contributed by atoms with Gasteiger partial charge in [-0.05, 0) is 62.5 Å². The third kappa shape index (κ3) is 4.36. The van der Waals surface area contributed by atoms with Crippen molar-refractivity contribution < 1.29 is 10.2 Å². The van der Waals surface area contributed by atoms with Crippen molar-refractivity contribution in [2.45, 2.75) is 38.9 Å². The summed E-state index contributed by atoms with van der Waals surface area (Å²) < 4.78 is 0. The highest BCUT2D eigenvalue weighted by molar-refractivity contribution is 5.38. The monoisotopic (exact) mass is 218 g/mol.